The van der Waals surface area contributed by atoms with Crippen molar-refractivity contribution in [1.29, 1.82) is 0 Å². The van der Waals surface area contributed by atoms with E-state index < -0.39 is 0 Å². The van der Waals surface area contributed by atoms with E-state index in [1.54, 1.807) is 0 Å². The predicted molar refractivity (Wildman–Crippen MR) is 50.2 cm³/mol. The molecule has 3 nitrogen and oxygen atoms in total. The van der Waals surface area contributed by atoms with E-state index >= 15 is 0 Å². The molecule has 0 saturated heterocycles. The van der Waals surface area contributed by atoms with Gasteiger partial charge in [-0.05, 0) is 41.9 Å². The molecule has 62 valence electrons. The van der Waals surface area contributed by atoms with Crippen molar-refractivity contribution in [1.82, 2.24) is 14.6 Å². The molecule has 0 radical (unpaired) electrons. The summed E-state index contributed by atoms with van der Waals surface area (Å²) in [6, 6.07) is 4.02. The van der Waals surface area contributed by atoms with E-state index in [4.69, 9.17) is 0 Å². The summed E-state index contributed by atoms with van der Waals surface area (Å²) in [5, 5.41) is 8.05. The van der Waals surface area contributed by atoms with Crippen LogP contribution in [0.3, 0.4) is 0 Å². The third-order valence-corrected chi connectivity index (χ3v) is 2.48. The van der Waals surface area contributed by atoms with E-state index in [1.165, 1.54) is 0 Å². The molecule has 2 heterocycles. The van der Waals surface area contributed by atoms with Gasteiger partial charge in [0.2, 0.25) is 0 Å². The number of fused-ring (bicyclic) bond motifs is 1. The first-order valence-electron chi connectivity index (χ1n) is 3.67. The van der Waals surface area contributed by atoms with Gasteiger partial charge in [0.05, 0.1) is 4.47 Å². The van der Waals surface area contributed by atoms with Crippen molar-refractivity contribution in [3.63, 3.8) is 0 Å². The lowest BCUT2D eigenvalue weighted by molar-refractivity contribution is 0.977. The van der Waals surface area contributed by atoms with Gasteiger partial charge in [-0.25, -0.2) is 0 Å². The minimum atomic E-state index is 0.882. The van der Waals surface area contributed by atoms with Crippen LogP contribution in [0.2, 0.25) is 0 Å². The summed E-state index contributed by atoms with van der Waals surface area (Å²) in [5.41, 5.74) is 2.03. The fraction of sp³-hybridized carbons (Fsp3) is 0.250. The first kappa shape index (κ1) is 7.73. The van der Waals surface area contributed by atoms with Crippen LogP contribution < -0.4 is 0 Å². The molecule has 0 spiro atoms. The molecule has 2 aromatic heterocycles. The van der Waals surface area contributed by atoms with Crippen molar-refractivity contribution in [3.8, 4) is 0 Å². The van der Waals surface area contributed by atoms with Crippen LogP contribution in [0.4, 0.5) is 0 Å². The van der Waals surface area contributed by atoms with Gasteiger partial charge in [0.15, 0.2) is 5.65 Å². The number of pyridine rings is 1. The van der Waals surface area contributed by atoms with Gasteiger partial charge in [-0.2, -0.15) is 0 Å². The average molecular weight is 226 g/mol. The van der Waals surface area contributed by atoms with Gasteiger partial charge in [-0.1, -0.05) is 0 Å². The number of aromatic nitrogens is 3. The summed E-state index contributed by atoms with van der Waals surface area (Å²) < 4.78 is 3.00. The Kier molecular flexibility index (Phi) is 1.65. The largest absolute Gasteiger partial charge is 0.283 e. The molecule has 0 amide bonds. The summed E-state index contributed by atoms with van der Waals surface area (Å²) in [6.45, 7) is 3.98. The minimum Gasteiger partial charge on any atom is -0.283 e. The molecule has 2 rings (SSSR count). The second-order valence-corrected chi connectivity index (χ2v) is 3.58. The molecule has 0 atom stereocenters. The van der Waals surface area contributed by atoms with Crippen molar-refractivity contribution in [2.24, 2.45) is 0 Å². The fourth-order valence-electron chi connectivity index (χ4n) is 1.28. The van der Waals surface area contributed by atoms with Crippen LogP contribution in [0.1, 0.15) is 11.5 Å². The molecule has 4 heteroatoms. The van der Waals surface area contributed by atoms with Crippen molar-refractivity contribution >= 4 is 21.6 Å². The Morgan fingerprint density at radius 3 is 2.67 bits per heavy atom. The van der Waals surface area contributed by atoms with E-state index in [0.29, 0.717) is 0 Å². The Balaban J connectivity index is 2.98. The van der Waals surface area contributed by atoms with Crippen LogP contribution in [0, 0.1) is 13.8 Å². The van der Waals surface area contributed by atoms with Crippen LogP contribution in [-0.2, 0) is 0 Å². The predicted octanol–water partition coefficient (Wildman–Crippen LogP) is 2.11. The lowest BCUT2D eigenvalue weighted by atomic mass is 10.3. The number of rotatable bonds is 0. The molecule has 12 heavy (non-hydrogen) atoms. The zero-order valence-electron chi connectivity index (χ0n) is 6.87. The van der Waals surface area contributed by atoms with E-state index in [2.05, 4.69) is 26.1 Å². The van der Waals surface area contributed by atoms with Gasteiger partial charge in [0.1, 0.15) is 5.82 Å². The Labute approximate surface area is 78.6 Å². The number of aryl methyl sites for hydroxylation is 2. The van der Waals surface area contributed by atoms with Crippen molar-refractivity contribution < 1.29 is 0 Å². The smallest absolute Gasteiger partial charge is 0.175 e. The van der Waals surface area contributed by atoms with Crippen molar-refractivity contribution in [3.05, 3.63) is 28.1 Å². The number of hydrogen-bond acceptors (Lipinski definition) is 2. The topological polar surface area (TPSA) is 30.2 Å². The second-order valence-electron chi connectivity index (χ2n) is 2.73. The van der Waals surface area contributed by atoms with Crippen LogP contribution in [0.5, 0.6) is 0 Å². The fourth-order valence-corrected chi connectivity index (χ4v) is 1.67. The summed E-state index contributed by atoms with van der Waals surface area (Å²) in [6.07, 6.45) is 0. The second kappa shape index (κ2) is 2.55. The number of halogens is 1. The molecule has 0 saturated carbocycles. The molecule has 0 fully saturated rings. The van der Waals surface area contributed by atoms with E-state index in [0.717, 1.165) is 21.6 Å². The molecule has 0 unspecified atom stereocenters. The highest BCUT2D eigenvalue weighted by molar-refractivity contribution is 9.10. The lowest BCUT2D eigenvalue weighted by Gasteiger charge is -2.00. The first-order chi connectivity index (χ1) is 5.70. The van der Waals surface area contributed by atoms with E-state index in [-0.39, 0.29) is 0 Å². The summed E-state index contributed by atoms with van der Waals surface area (Å²) >= 11 is 3.42. The SMILES string of the molecule is Cc1ccc(Br)c2nnc(C)n12. The standard InChI is InChI=1S/C8H8BrN3/c1-5-3-4-7(9)8-11-10-6(2)12(5)8/h3-4H,1-2H3. The van der Waals surface area contributed by atoms with Gasteiger partial charge in [-0.3, -0.25) is 4.40 Å². The molecule has 0 aromatic carbocycles. The minimum absolute atomic E-state index is 0.882. The highest BCUT2D eigenvalue weighted by atomic mass is 79.9. The maximum absolute atomic E-state index is 4.04. The summed E-state index contributed by atoms with van der Waals surface area (Å²) in [7, 11) is 0. The monoisotopic (exact) mass is 225 g/mol. The normalized spacial score (nSPS) is 10.9. The van der Waals surface area contributed by atoms with Crippen LogP contribution >= 0.6 is 15.9 Å². The highest BCUT2D eigenvalue weighted by Crippen LogP contribution is 2.18. The Morgan fingerprint density at radius 1 is 1.25 bits per heavy atom. The van der Waals surface area contributed by atoms with E-state index in [1.807, 2.05) is 30.4 Å². The maximum atomic E-state index is 4.04. The van der Waals surface area contributed by atoms with Gasteiger partial charge in [-0.15, -0.1) is 10.2 Å². The number of hydrogen-bond donors (Lipinski definition) is 0. The third kappa shape index (κ3) is 0.948. The van der Waals surface area contributed by atoms with Crippen LogP contribution in [-0.4, -0.2) is 14.6 Å². The molecular formula is C8H8BrN3. The zero-order valence-corrected chi connectivity index (χ0v) is 8.46. The molecule has 0 bridgehead atoms. The third-order valence-electron chi connectivity index (χ3n) is 1.86. The molecule has 0 aliphatic heterocycles. The van der Waals surface area contributed by atoms with Crippen molar-refractivity contribution in [2.75, 3.05) is 0 Å². The zero-order chi connectivity index (χ0) is 8.72. The molecule has 2 aromatic rings. The van der Waals surface area contributed by atoms with Gasteiger partial charge >= 0.3 is 0 Å². The lowest BCUT2D eigenvalue weighted by Crippen LogP contribution is -1.93. The highest BCUT2D eigenvalue weighted by Gasteiger charge is 2.05. The van der Waals surface area contributed by atoms with E-state index in [9.17, 15) is 0 Å². The van der Waals surface area contributed by atoms with Gasteiger partial charge in [0, 0.05) is 5.69 Å². The number of nitrogens with zero attached hydrogens (tertiary/aromatic N) is 3. The van der Waals surface area contributed by atoms with Crippen molar-refractivity contribution in [2.45, 2.75) is 13.8 Å². The van der Waals surface area contributed by atoms with Gasteiger partial charge < -0.3 is 0 Å². The summed E-state index contributed by atoms with van der Waals surface area (Å²) in [5.74, 6) is 0.920. The van der Waals surface area contributed by atoms with Gasteiger partial charge in [0.25, 0.3) is 0 Å². The molecule has 0 aliphatic carbocycles. The molecular weight excluding hydrogens is 218 g/mol. The van der Waals surface area contributed by atoms with Crippen LogP contribution in [0.25, 0.3) is 5.65 Å². The Morgan fingerprint density at radius 2 is 2.00 bits per heavy atom. The Hall–Kier alpha value is -0.900. The quantitative estimate of drug-likeness (QED) is 0.688. The first-order valence-corrected chi connectivity index (χ1v) is 4.46. The summed E-state index contributed by atoms with van der Waals surface area (Å²) in [4.78, 5) is 0. The Bertz CT molecular complexity index is 433. The average Bonchev–Trinajstić information content (AvgIpc) is 2.42. The van der Waals surface area contributed by atoms with Crippen LogP contribution in [0.15, 0.2) is 16.6 Å². The maximum Gasteiger partial charge on any atom is 0.175 e. The molecule has 0 aliphatic rings. The molecule has 0 N–H and O–H groups in total.